The summed E-state index contributed by atoms with van der Waals surface area (Å²) >= 11 is 0. The van der Waals surface area contributed by atoms with Crippen molar-refractivity contribution in [1.29, 1.82) is 5.53 Å². The molecule has 1 N–H and O–H groups in total. The van der Waals surface area contributed by atoms with Crippen molar-refractivity contribution >= 4 is 0 Å². The summed E-state index contributed by atoms with van der Waals surface area (Å²) in [6.45, 7) is 6.88. The quantitative estimate of drug-likeness (QED) is 0.474. The van der Waals surface area contributed by atoms with Crippen molar-refractivity contribution in [3.63, 3.8) is 0 Å². The Morgan fingerprint density at radius 2 is 2.20 bits per heavy atom. The summed E-state index contributed by atoms with van der Waals surface area (Å²) in [5.74, 6) is 0. The normalized spacial score (nSPS) is 8.70. The van der Waals surface area contributed by atoms with E-state index in [-0.39, 0.29) is 0 Å². The fraction of sp³-hybridized carbons (Fsp3) is 0.714. The van der Waals surface area contributed by atoms with Crippen LogP contribution in [0.25, 0.3) is 0 Å². The van der Waals surface area contributed by atoms with E-state index in [1.807, 2.05) is 20.0 Å². The van der Waals surface area contributed by atoms with E-state index in [0.29, 0.717) is 0 Å². The summed E-state index contributed by atoms with van der Waals surface area (Å²) in [4.78, 5) is 0. The largest absolute Gasteiger partial charge is 0.255 e. The third-order valence-corrected chi connectivity index (χ3v) is 0.988. The Labute approximate surface area is 62.2 Å². The van der Waals surface area contributed by atoms with Gasteiger partial charge in [-0.1, -0.05) is 17.7 Å². The lowest BCUT2D eigenvalue weighted by atomic mass is 10.4. The van der Waals surface area contributed by atoms with Crippen molar-refractivity contribution in [1.82, 2.24) is 5.01 Å². The van der Waals surface area contributed by atoms with Gasteiger partial charge in [0.2, 0.25) is 0 Å². The summed E-state index contributed by atoms with van der Waals surface area (Å²) in [7, 11) is 0. The molecule has 0 bridgehead atoms. The van der Waals surface area contributed by atoms with Gasteiger partial charge in [0, 0.05) is 12.7 Å². The number of hydrogen-bond donors (Lipinski definition) is 1. The summed E-state index contributed by atoms with van der Waals surface area (Å²) in [5, 5.41) is 4.96. The van der Waals surface area contributed by atoms with Crippen LogP contribution in [0.5, 0.6) is 0 Å². The Morgan fingerprint density at radius 1 is 1.60 bits per heavy atom. The highest BCUT2D eigenvalue weighted by molar-refractivity contribution is 4.91. The van der Waals surface area contributed by atoms with Gasteiger partial charge < -0.3 is 0 Å². The third kappa shape index (κ3) is 4.06. The molecule has 0 aromatic rings. The molecular formula is C7H15N3. The van der Waals surface area contributed by atoms with E-state index in [0.717, 1.165) is 13.0 Å². The van der Waals surface area contributed by atoms with Crippen LogP contribution in [-0.4, -0.2) is 11.6 Å². The maximum Gasteiger partial charge on any atom is 0.0423 e. The van der Waals surface area contributed by atoms with Crippen LogP contribution in [0.4, 0.5) is 0 Å². The Hall–Kier alpha value is -0.860. The third-order valence-electron chi connectivity index (χ3n) is 0.988. The van der Waals surface area contributed by atoms with Crippen molar-refractivity contribution in [2.24, 2.45) is 5.22 Å². The van der Waals surface area contributed by atoms with Gasteiger partial charge in [-0.25, -0.2) is 0 Å². The van der Waals surface area contributed by atoms with Crippen LogP contribution < -0.4 is 0 Å². The molecule has 0 radical (unpaired) electrons. The Morgan fingerprint density at radius 3 is 2.50 bits per heavy atom. The van der Waals surface area contributed by atoms with Gasteiger partial charge in [-0.15, -0.1) is 0 Å². The minimum Gasteiger partial charge on any atom is -0.255 e. The maximum absolute atomic E-state index is 6.76. The van der Waals surface area contributed by atoms with Crippen LogP contribution in [0.2, 0.25) is 0 Å². The SMILES string of the molecule is CCCN(C=C(C)C)N=N. The first kappa shape index (κ1) is 9.14. The van der Waals surface area contributed by atoms with Crippen LogP contribution in [-0.2, 0) is 0 Å². The lowest BCUT2D eigenvalue weighted by molar-refractivity contribution is 0.359. The molecule has 0 atom stereocenters. The Kier molecular flexibility index (Phi) is 4.54. The highest BCUT2D eigenvalue weighted by atomic mass is 15.5. The standard InChI is InChI=1S/C7H15N3/c1-4-5-10(9-8)6-7(2)3/h6,8H,4-5H2,1-3H3. The second-order valence-corrected chi connectivity index (χ2v) is 2.47. The monoisotopic (exact) mass is 141 g/mol. The zero-order valence-electron chi connectivity index (χ0n) is 6.89. The van der Waals surface area contributed by atoms with Gasteiger partial charge in [0.15, 0.2) is 0 Å². The van der Waals surface area contributed by atoms with Gasteiger partial charge in [0.25, 0.3) is 0 Å². The molecule has 0 saturated heterocycles. The Bertz CT molecular complexity index is 125. The van der Waals surface area contributed by atoms with E-state index in [2.05, 4.69) is 12.1 Å². The number of rotatable bonds is 4. The molecule has 0 aliphatic carbocycles. The number of hydrogen-bond acceptors (Lipinski definition) is 2. The predicted molar refractivity (Wildman–Crippen MR) is 41.6 cm³/mol. The predicted octanol–water partition coefficient (Wildman–Crippen LogP) is 2.57. The van der Waals surface area contributed by atoms with Crippen LogP contribution in [0, 0.1) is 5.53 Å². The summed E-state index contributed by atoms with van der Waals surface area (Å²) in [6, 6.07) is 0. The first-order valence-electron chi connectivity index (χ1n) is 3.49. The summed E-state index contributed by atoms with van der Waals surface area (Å²) < 4.78 is 0. The van der Waals surface area contributed by atoms with Crippen molar-refractivity contribution in [2.45, 2.75) is 27.2 Å². The minimum absolute atomic E-state index is 0.828. The first-order valence-corrected chi connectivity index (χ1v) is 3.49. The van der Waals surface area contributed by atoms with Gasteiger partial charge in [0.1, 0.15) is 0 Å². The number of nitrogens with zero attached hydrogens (tertiary/aromatic N) is 2. The van der Waals surface area contributed by atoms with Crippen LogP contribution in [0.3, 0.4) is 0 Å². The van der Waals surface area contributed by atoms with Gasteiger partial charge in [-0.2, -0.15) is 5.53 Å². The van der Waals surface area contributed by atoms with E-state index in [4.69, 9.17) is 5.53 Å². The molecule has 0 unspecified atom stereocenters. The van der Waals surface area contributed by atoms with Crippen molar-refractivity contribution in [2.75, 3.05) is 6.54 Å². The van der Waals surface area contributed by atoms with Crippen LogP contribution in [0.15, 0.2) is 17.0 Å². The highest BCUT2D eigenvalue weighted by Gasteiger charge is 1.91. The van der Waals surface area contributed by atoms with Crippen LogP contribution in [0.1, 0.15) is 27.2 Å². The van der Waals surface area contributed by atoms with E-state index in [1.165, 1.54) is 5.57 Å². The molecule has 3 nitrogen and oxygen atoms in total. The minimum atomic E-state index is 0.828. The summed E-state index contributed by atoms with van der Waals surface area (Å²) in [5.41, 5.74) is 7.93. The second-order valence-electron chi connectivity index (χ2n) is 2.47. The molecule has 0 aromatic carbocycles. The van der Waals surface area contributed by atoms with Gasteiger partial charge >= 0.3 is 0 Å². The molecule has 0 rings (SSSR count). The second kappa shape index (κ2) is 4.97. The first-order chi connectivity index (χ1) is 4.70. The lowest BCUT2D eigenvalue weighted by Gasteiger charge is -2.09. The lowest BCUT2D eigenvalue weighted by Crippen LogP contribution is -2.09. The Balaban J connectivity index is 3.82. The fourth-order valence-electron chi connectivity index (χ4n) is 0.671. The van der Waals surface area contributed by atoms with Gasteiger partial charge in [0.05, 0.1) is 0 Å². The van der Waals surface area contributed by atoms with Crippen LogP contribution >= 0.6 is 0 Å². The zero-order valence-corrected chi connectivity index (χ0v) is 6.89. The zero-order chi connectivity index (χ0) is 7.98. The van der Waals surface area contributed by atoms with E-state index < -0.39 is 0 Å². The number of allylic oxidation sites excluding steroid dienone is 1. The van der Waals surface area contributed by atoms with Crippen molar-refractivity contribution in [3.05, 3.63) is 11.8 Å². The van der Waals surface area contributed by atoms with Gasteiger partial charge in [-0.05, 0) is 20.3 Å². The maximum atomic E-state index is 6.76. The molecule has 0 heterocycles. The molecule has 0 fully saturated rings. The number of nitrogens with one attached hydrogen (secondary N) is 1. The molecule has 0 amide bonds. The average Bonchev–Trinajstić information content (AvgIpc) is 1.86. The van der Waals surface area contributed by atoms with Crippen molar-refractivity contribution in [3.8, 4) is 0 Å². The average molecular weight is 141 g/mol. The van der Waals surface area contributed by atoms with E-state index >= 15 is 0 Å². The van der Waals surface area contributed by atoms with Gasteiger partial charge in [-0.3, -0.25) is 5.01 Å². The summed E-state index contributed by atoms with van der Waals surface area (Å²) in [6.07, 6.45) is 2.89. The molecule has 0 aliphatic heterocycles. The fourth-order valence-corrected chi connectivity index (χ4v) is 0.671. The molecule has 0 aliphatic rings. The van der Waals surface area contributed by atoms with Crippen molar-refractivity contribution < 1.29 is 0 Å². The smallest absolute Gasteiger partial charge is 0.0423 e. The topological polar surface area (TPSA) is 39.5 Å². The molecular weight excluding hydrogens is 126 g/mol. The highest BCUT2D eigenvalue weighted by Crippen LogP contribution is 1.97. The van der Waals surface area contributed by atoms with E-state index in [9.17, 15) is 0 Å². The molecule has 0 saturated carbocycles. The molecule has 58 valence electrons. The molecule has 0 aromatic heterocycles. The molecule has 3 heteroatoms. The molecule has 10 heavy (non-hydrogen) atoms. The molecule has 0 spiro atoms. The van der Waals surface area contributed by atoms with E-state index in [1.54, 1.807) is 5.01 Å².